The first-order chi connectivity index (χ1) is 9.38. The normalized spacial score (nSPS) is 20.9. The summed E-state index contributed by atoms with van der Waals surface area (Å²) in [6, 6.07) is 2.46. The molecule has 2 rings (SSSR count). The number of likely N-dealkylation sites (N-methyl/N-ethyl adjacent to an activating group) is 1. The predicted octanol–water partition coefficient (Wildman–Crippen LogP) is 3.43. The van der Waals surface area contributed by atoms with E-state index < -0.39 is 0 Å². The van der Waals surface area contributed by atoms with Crippen LogP contribution in [0.2, 0.25) is 0 Å². The Hall–Kier alpha value is -0.680. The second-order valence-corrected chi connectivity index (χ2v) is 7.34. The first kappa shape index (κ1) is 15.7. The first-order valence-corrected chi connectivity index (χ1v) is 8.21. The maximum absolute atomic E-state index is 4.68. The highest BCUT2D eigenvalue weighted by Gasteiger charge is 2.21. The molecule has 20 heavy (non-hydrogen) atoms. The molecule has 1 aromatic rings. The quantitative estimate of drug-likeness (QED) is 0.855. The Balaban J connectivity index is 2.11. The second kappa shape index (κ2) is 6.39. The van der Waals surface area contributed by atoms with Crippen molar-refractivity contribution in [2.75, 3.05) is 25.0 Å². The Labute approximate surface area is 130 Å². The Morgan fingerprint density at radius 1 is 1.40 bits per heavy atom. The van der Waals surface area contributed by atoms with Gasteiger partial charge < -0.3 is 10.2 Å². The minimum absolute atomic E-state index is 0.0395. The van der Waals surface area contributed by atoms with E-state index in [9.17, 15) is 0 Å². The summed E-state index contributed by atoms with van der Waals surface area (Å²) in [4.78, 5) is 11.7. The van der Waals surface area contributed by atoms with E-state index in [0.717, 1.165) is 29.3 Å². The van der Waals surface area contributed by atoms with Crippen molar-refractivity contribution in [3.8, 4) is 0 Å². The van der Waals surface area contributed by atoms with Gasteiger partial charge in [-0.3, -0.25) is 0 Å². The third-order valence-corrected chi connectivity index (χ3v) is 4.08. The molecule has 0 spiro atoms. The number of anilines is 1. The summed E-state index contributed by atoms with van der Waals surface area (Å²) < 4.78 is 0.850. The van der Waals surface area contributed by atoms with Gasteiger partial charge >= 0.3 is 0 Å². The molecular weight excluding hydrogens is 316 g/mol. The van der Waals surface area contributed by atoms with Crippen molar-refractivity contribution in [1.82, 2.24) is 14.9 Å². The number of hydrogen-bond donors (Lipinski definition) is 1. The topological polar surface area (TPSA) is 41.0 Å². The molecule has 1 fully saturated rings. The fourth-order valence-corrected chi connectivity index (χ4v) is 2.88. The van der Waals surface area contributed by atoms with Crippen molar-refractivity contribution in [2.45, 2.75) is 52.0 Å². The number of hydrogen-bond acceptors (Lipinski definition) is 4. The van der Waals surface area contributed by atoms with E-state index in [1.54, 1.807) is 0 Å². The van der Waals surface area contributed by atoms with Gasteiger partial charge in [0.25, 0.3) is 0 Å². The van der Waals surface area contributed by atoms with Crippen molar-refractivity contribution in [1.29, 1.82) is 0 Å². The van der Waals surface area contributed by atoms with Crippen LogP contribution in [0.5, 0.6) is 0 Å². The highest BCUT2D eigenvalue weighted by Crippen LogP contribution is 2.23. The molecule has 2 heterocycles. The molecule has 0 aromatic carbocycles. The van der Waals surface area contributed by atoms with E-state index in [-0.39, 0.29) is 5.41 Å². The van der Waals surface area contributed by atoms with Crippen LogP contribution in [0.25, 0.3) is 0 Å². The number of piperidine rings is 1. The molecule has 0 amide bonds. The van der Waals surface area contributed by atoms with Crippen LogP contribution in [0.15, 0.2) is 10.7 Å². The van der Waals surface area contributed by atoms with Crippen LogP contribution >= 0.6 is 15.9 Å². The Morgan fingerprint density at radius 3 is 2.80 bits per heavy atom. The van der Waals surface area contributed by atoms with Gasteiger partial charge in [0.15, 0.2) is 0 Å². The average molecular weight is 341 g/mol. The lowest BCUT2D eigenvalue weighted by Crippen LogP contribution is -2.42. The molecule has 1 saturated heterocycles. The molecule has 1 aliphatic heterocycles. The molecule has 0 bridgehead atoms. The van der Waals surface area contributed by atoms with Crippen molar-refractivity contribution >= 4 is 21.7 Å². The van der Waals surface area contributed by atoms with Crippen LogP contribution in [-0.2, 0) is 5.41 Å². The largest absolute Gasteiger partial charge is 0.366 e. The standard InChI is InChI=1S/C15H25BrN4/c1-5-20-8-6-7-11(10-20)17-13-9-12(16)18-14(19-13)15(2,3)4/h9,11H,5-8,10H2,1-4H3,(H,17,18,19). The zero-order valence-electron chi connectivity index (χ0n) is 12.9. The average Bonchev–Trinajstić information content (AvgIpc) is 2.37. The summed E-state index contributed by atoms with van der Waals surface area (Å²) >= 11 is 3.49. The van der Waals surface area contributed by atoms with Crippen molar-refractivity contribution in [2.24, 2.45) is 0 Å². The highest BCUT2D eigenvalue weighted by atomic mass is 79.9. The van der Waals surface area contributed by atoms with E-state index in [0.29, 0.717) is 6.04 Å². The van der Waals surface area contributed by atoms with Crippen LogP contribution in [-0.4, -0.2) is 40.5 Å². The van der Waals surface area contributed by atoms with Crippen molar-refractivity contribution in [3.05, 3.63) is 16.5 Å². The summed E-state index contributed by atoms with van der Waals surface area (Å²) in [5, 5.41) is 3.58. The van der Waals surface area contributed by atoms with Gasteiger partial charge in [-0.1, -0.05) is 27.7 Å². The van der Waals surface area contributed by atoms with Crippen LogP contribution in [0.3, 0.4) is 0 Å². The van der Waals surface area contributed by atoms with E-state index in [2.05, 4.69) is 63.8 Å². The van der Waals surface area contributed by atoms with E-state index in [1.165, 1.54) is 19.4 Å². The fourth-order valence-electron chi connectivity index (χ4n) is 2.50. The number of rotatable bonds is 3. The summed E-state index contributed by atoms with van der Waals surface area (Å²) in [6.45, 7) is 12.1. The molecule has 1 N–H and O–H groups in total. The van der Waals surface area contributed by atoms with Crippen LogP contribution in [0, 0.1) is 0 Å². The lowest BCUT2D eigenvalue weighted by Gasteiger charge is -2.32. The first-order valence-electron chi connectivity index (χ1n) is 7.42. The smallest absolute Gasteiger partial charge is 0.137 e. The third kappa shape index (κ3) is 4.16. The van der Waals surface area contributed by atoms with Gasteiger partial charge in [0.05, 0.1) is 0 Å². The van der Waals surface area contributed by atoms with Gasteiger partial charge in [0.2, 0.25) is 0 Å². The van der Waals surface area contributed by atoms with Gasteiger partial charge in [-0.15, -0.1) is 0 Å². The zero-order valence-corrected chi connectivity index (χ0v) is 14.5. The SMILES string of the molecule is CCN1CCCC(Nc2cc(Br)nc(C(C)(C)C)n2)C1. The molecule has 1 aromatic heterocycles. The Bertz CT molecular complexity index is 456. The second-order valence-electron chi connectivity index (χ2n) is 6.53. The van der Waals surface area contributed by atoms with E-state index >= 15 is 0 Å². The molecule has 4 nitrogen and oxygen atoms in total. The van der Waals surface area contributed by atoms with Gasteiger partial charge in [-0.2, -0.15) is 0 Å². The molecule has 0 aliphatic carbocycles. The Morgan fingerprint density at radius 2 is 2.15 bits per heavy atom. The van der Waals surface area contributed by atoms with Crippen molar-refractivity contribution < 1.29 is 0 Å². The maximum Gasteiger partial charge on any atom is 0.137 e. The Kier molecular flexibility index (Phi) is 5.02. The van der Waals surface area contributed by atoms with Gasteiger partial charge in [-0.05, 0) is 41.9 Å². The third-order valence-electron chi connectivity index (χ3n) is 3.67. The fraction of sp³-hybridized carbons (Fsp3) is 0.733. The molecule has 1 aliphatic rings. The summed E-state index contributed by atoms with van der Waals surface area (Å²) in [6.07, 6.45) is 2.47. The van der Waals surface area contributed by atoms with Crippen LogP contribution in [0.1, 0.15) is 46.4 Å². The molecule has 0 saturated carbocycles. The molecule has 112 valence electrons. The minimum atomic E-state index is -0.0395. The van der Waals surface area contributed by atoms with Crippen LogP contribution in [0.4, 0.5) is 5.82 Å². The van der Waals surface area contributed by atoms with Crippen molar-refractivity contribution in [3.63, 3.8) is 0 Å². The molecule has 0 radical (unpaired) electrons. The number of nitrogens with one attached hydrogen (secondary N) is 1. The van der Waals surface area contributed by atoms with Crippen LogP contribution < -0.4 is 5.32 Å². The number of aromatic nitrogens is 2. The van der Waals surface area contributed by atoms with Gasteiger partial charge in [-0.25, -0.2) is 9.97 Å². The summed E-state index contributed by atoms with van der Waals surface area (Å²) in [5.41, 5.74) is -0.0395. The monoisotopic (exact) mass is 340 g/mol. The molecule has 5 heteroatoms. The highest BCUT2D eigenvalue weighted by molar-refractivity contribution is 9.10. The van der Waals surface area contributed by atoms with Gasteiger partial charge in [0.1, 0.15) is 16.2 Å². The molecule has 1 atom stereocenters. The minimum Gasteiger partial charge on any atom is -0.366 e. The van der Waals surface area contributed by atoms with E-state index in [1.807, 2.05) is 6.07 Å². The summed E-state index contributed by atoms with van der Waals surface area (Å²) in [5.74, 6) is 1.80. The van der Waals surface area contributed by atoms with Gasteiger partial charge in [0, 0.05) is 24.1 Å². The maximum atomic E-state index is 4.68. The summed E-state index contributed by atoms with van der Waals surface area (Å²) in [7, 11) is 0. The number of halogens is 1. The van der Waals surface area contributed by atoms with E-state index in [4.69, 9.17) is 0 Å². The lowest BCUT2D eigenvalue weighted by molar-refractivity contribution is 0.226. The zero-order chi connectivity index (χ0) is 14.8. The molecular formula is C15H25BrN4. The molecule has 1 unspecified atom stereocenters. The number of likely N-dealkylation sites (tertiary alicyclic amines) is 1. The lowest BCUT2D eigenvalue weighted by atomic mass is 9.96. The number of nitrogens with zero attached hydrogens (tertiary/aromatic N) is 3. The predicted molar refractivity (Wildman–Crippen MR) is 87.2 cm³/mol.